The fourth-order valence-corrected chi connectivity index (χ4v) is 1.22. The first-order chi connectivity index (χ1) is 7.52. The van der Waals surface area contributed by atoms with Crippen LogP contribution in [0, 0.1) is 0 Å². The van der Waals surface area contributed by atoms with E-state index < -0.39 is 23.8 Å². The summed E-state index contributed by atoms with van der Waals surface area (Å²) in [5.41, 5.74) is -1.00. The van der Waals surface area contributed by atoms with Crippen molar-refractivity contribution >= 4 is 11.8 Å². The number of alkyl halides is 2. The molecule has 1 fully saturated rings. The molecule has 0 aliphatic carbocycles. The molecule has 0 amide bonds. The van der Waals surface area contributed by atoms with Crippen LogP contribution in [0.5, 0.6) is 0 Å². The predicted octanol–water partition coefficient (Wildman–Crippen LogP) is -4.21. The average molecular weight is 273 g/mol. The van der Waals surface area contributed by atoms with Gasteiger partial charge in [0.05, 0.1) is 24.8 Å². The van der Waals surface area contributed by atoms with E-state index in [9.17, 15) is 23.5 Å². The number of ketones is 1. The number of halogens is 2. The molecule has 0 aromatic heterocycles. The quantitative estimate of drug-likeness (QED) is 0.225. The number of Topliss-reactive ketones (excluding diaryl/α,β-unsaturated/α-hetero) is 1. The summed E-state index contributed by atoms with van der Waals surface area (Å²) in [4.78, 5) is 22.8. The molecular weight excluding hydrogens is 263 g/mol. The molecule has 0 aromatic rings. The second kappa shape index (κ2) is 8.28. The summed E-state index contributed by atoms with van der Waals surface area (Å²) in [7, 11) is 0. The zero-order chi connectivity index (χ0) is 12.1. The number of morpholine rings is 1. The second-order valence-electron chi connectivity index (χ2n) is 3.14. The van der Waals surface area contributed by atoms with Gasteiger partial charge >= 0.3 is 57.8 Å². The van der Waals surface area contributed by atoms with E-state index >= 15 is 0 Å². The van der Waals surface area contributed by atoms with Gasteiger partial charge < -0.3 is 19.5 Å². The number of hydrogen-bond donors (Lipinski definition) is 0. The van der Waals surface area contributed by atoms with Crippen molar-refractivity contribution in [2.45, 2.75) is 6.43 Å². The zero-order valence-electron chi connectivity index (χ0n) is 9.32. The molecule has 8 heteroatoms. The first-order valence-corrected chi connectivity index (χ1v) is 4.59. The van der Waals surface area contributed by atoms with Gasteiger partial charge in [-0.3, -0.25) is 4.79 Å². The molecule has 1 saturated heterocycles. The third kappa shape index (κ3) is 5.54. The number of aliphatic carboxylic acids is 1. The van der Waals surface area contributed by atoms with Crippen LogP contribution >= 0.6 is 0 Å². The molecule has 1 aliphatic heterocycles. The Hall–Kier alpha value is 0.136. The number of carbonyl (C=O) groups excluding carboxylic acids is 2. The monoisotopic (exact) mass is 273 g/mol. The van der Waals surface area contributed by atoms with Crippen LogP contribution in [0.4, 0.5) is 8.78 Å². The van der Waals surface area contributed by atoms with Crippen LogP contribution in [0.15, 0.2) is 11.8 Å². The maximum atomic E-state index is 12.1. The maximum Gasteiger partial charge on any atom is 1.00 e. The molecule has 0 unspecified atom stereocenters. The van der Waals surface area contributed by atoms with Crippen molar-refractivity contribution in [3.8, 4) is 0 Å². The smallest absolute Gasteiger partial charge is 0.545 e. The van der Waals surface area contributed by atoms with Crippen molar-refractivity contribution in [1.29, 1.82) is 0 Å². The molecule has 1 heterocycles. The summed E-state index contributed by atoms with van der Waals surface area (Å²) in [6, 6.07) is 0. The van der Waals surface area contributed by atoms with Gasteiger partial charge in [-0.2, -0.15) is 0 Å². The number of carboxylic acid groups (broad SMARTS) is 1. The molecule has 5 nitrogen and oxygen atoms in total. The molecule has 0 atom stereocenters. The number of ether oxygens (including phenoxy) is 1. The first kappa shape index (κ1) is 17.1. The summed E-state index contributed by atoms with van der Waals surface area (Å²) in [5, 5.41) is 10.5. The largest absolute Gasteiger partial charge is 1.00 e. The number of carbonyl (C=O) groups is 2. The Labute approximate surface area is 139 Å². The molecule has 0 radical (unpaired) electrons. The van der Waals surface area contributed by atoms with Gasteiger partial charge in [-0.05, 0) is 0 Å². The molecule has 17 heavy (non-hydrogen) atoms. The van der Waals surface area contributed by atoms with Gasteiger partial charge in [0.15, 0.2) is 0 Å². The van der Waals surface area contributed by atoms with Crippen molar-refractivity contribution in [2.24, 2.45) is 0 Å². The molecular formula is C9H10F2KNO4. The van der Waals surface area contributed by atoms with Crippen molar-refractivity contribution < 1.29 is 79.6 Å². The molecule has 90 valence electrons. The van der Waals surface area contributed by atoms with Gasteiger partial charge in [-0.1, -0.05) is 0 Å². The van der Waals surface area contributed by atoms with E-state index in [1.807, 2.05) is 0 Å². The van der Waals surface area contributed by atoms with E-state index in [1.54, 1.807) is 0 Å². The van der Waals surface area contributed by atoms with Gasteiger partial charge in [-0.25, -0.2) is 8.78 Å². The van der Waals surface area contributed by atoms with Crippen LogP contribution < -0.4 is 56.5 Å². The van der Waals surface area contributed by atoms with Crippen LogP contribution in [0.1, 0.15) is 0 Å². The summed E-state index contributed by atoms with van der Waals surface area (Å²) >= 11 is 0. The van der Waals surface area contributed by atoms with Gasteiger partial charge in [0.2, 0.25) is 5.78 Å². The Balaban J connectivity index is 0.00000256. The summed E-state index contributed by atoms with van der Waals surface area (Å²) in [5.74, 6) is -3.62. The first-order valence-electron chi connectivity index (χ1n) is 4.59. The molecule has 0 aromatic carbocycles. The average Bonchev–Trinajstić information content (AvgIpc) is 2.26. The predicted molar refractivity (Wildman–Crippen MR) is 46.5 cm³/mol. The van der Waals surface area contributed by atoms with Gasteiger partial charge in [0.1, 0.15) is 0 Å². The third-order valence-corrected chi connectivity index (χ3v) is 2.04. The van der Waals surface area contributed by atoms with Crippen LogP contribution in [-0.2, 0) is 14.3 Å². The molecule has 0 saturated carbocycles. The Bertz CT molecular complexity index is 316. The molecule has 0 N–H and O–H groups in total. The van der Waals surface area contributed by atoms with E-state index in [-0.39, 0.29) is 51.4 Å². The fraction of sp³-hybridized carbons (Fsp3) is 0.556. The van der Waals surface area contributed by atoms with E-state index in [0.717, 1.165) is 6.20 Å². The molecule has 1 aliphatic rings. The van der Waals surface area contributed by atoms with E-state index in [2.05, 4.69) is 0 Å². The van der Waals surface area contributed by atoms with Crippen molar-refractivity contribution in [1.82, 2.24) is 4.90 Å². The summed E-state index contributed by atoms with van der Waals surface area (Å²) < 4.78 is 29.1. The van der Waals surface area contributed by atoms with Gasteiger partial charge in [0, 0.05) is 19.3 Å². The molecule has 0 spiro atoms. The Morgan fingerprint density at radius 3 is 2.24 bits per heavy atom. The van der Waals surface area contributed by atoms with Gasteiger partial charge in [0.25, 0.3) is 0 Å². The Kier molecular flexibility index (Phi) is 8.34. The van der Waals surface area contributed by atoms with E-state index in [4.69, 9.17) is 4.74 Å². The van der Waals surface area contributed by atoms with Crippen LogP contribution in [0.25, 0.3) is 0 Å². The second-order valence-corrected chi connectivity index (χ2v) is 3.14. The van der Waals surface area contributed by atoms with Crippen LogP contribution in [-0.4, -0.2) is 49.4 Å². The standard InChI is InChI=1S/C9H11F2NO4.K/c10-8(11)7(13)6(9(14)15)5-12-1-3-16-4-2-12;/h5,8H,1-4H2,(H,14,15);/q;+1/p-1. The summed E-state index contributed by atoms with van der Waals surface area (Å²) in [6.45, 7) is 1.43. The normalized spacial score (nSPS) is 16.6. The maximum absolute atomic E-state index is 12.1. The Morgan fingerprint density at radius 1 is 1.29 bits per heavy atom. The van der Waals surface area contributed by atoms with E-state index in [0.29, 0.717) is 26.3 Å². The number of carboxylic acids is 1. The van der Waals surface area contributed by atoms with Crippen LogP contribution in [0.2, 0.25) is 0 Å². The van der Waals surface area contributed by atoms with E-state index in [1.165, 1.54) is 4.90 Å². The van der Waals surface area contributed by atoms with Crippen LogP contribution in [0.3, 0.4) is 0 Å². The van der Waals surface area contributed by atoms with Crippen molar-refractivity contribution in [3.63, 3.8) is 0 Å². The Morgan fingerprint density at radius 2 is 1.82 bits per heavy atom. The fourth-order valence-electron chi connectivity index (χ4n) is 1.22. The van der Waals surface area contributed by atoms with Gasteiger partial charge in [-0.15, -0.1) is 0 Å². The third-order valence-electron chi connectivity index (χ3n) is 2.04. The van der Waals surface area contributed by atoms with Crippen molar-refractivity contribution in [2.75, 3.05) is 26.3 Å². The molecule has 1 rings (SSSR count). The molecule has 0 bridgehead atoms. The summed E-state index contributed by atoms with van der Waals surface area (Å²) in [6.07, 6.45) is -2.45. The minimum atomic E-state index is -3.34. The minimum absolute atomic E-state index is 0. The van der Waals surface area contributed by atoms with Crippen molar-refractivity contribution in [3.05, 3.63) is 11.8 Å². The zero-order valence-corrected chi connectivity index (χ0v) is 12.4. The number of hydrogen-bond acceptors (Lipinski definition) is 5. The topological polar surface area (TPSA) is 69.7 Å². The number of nitrogens with zero attached hydrogens (tertiary/aromatic N) is 1. The number of rotatable bonds is 4. The minimum Gasteiger partial charge on any atom is -0.545 e. The SMILES string of the molecule is O=C([O-])C(=CN1CCOCC1)C(=O)C(F)F.[K+].